The third-order valence-electron chi connectivity index (χ3n) is 2.12. The molecule has 0 saturated carbocycles. The summed E-state index contributed by atoms with van der Waals surface area (Å²) in [5.41, 5.74) is -0.385. The van der Waals surface area contributed by atoms with Crippen molar-refractivity contribution >= 4 is 17.3 Å². The Kier molecular flexibility index (Phi) is 3.09. The predicted molar refractivity (Wildman–Crippen MR) is 54.0 cm³/mol. The van der Waals surface area contributed by atoms with Crippen LogP contribution in [0.1, 0.15) is 27.2 Å². The van der Waals surface area contributed by atoms with Crippen LogP contribution < -0.4 is 4.74 Å². The molecule has 0 aliphatic rings. The molecule has 13 heavy (non-hydrogen) atoms. The molecule has 0 radical (unpaired) electrons. The Labute approximate surface area is 82.5 Å². The maximum absolute atomic E-state index is 11.5. The van der Waals surface area contributed by atoms with E-state index in [1.54, 1.807) is 6.07 Å². The molecule has 1 aromatic heterocycles. The van der Waals surface area contributed by atoms with Gasteiger partial charge in [-0.25, -0.2) is 0 Å². The zero-order chi connectivity index (χ0) is 9.90. The summed E-state index contributed by atoms with van der Waals surface area (Å²) < 4.78 is 5.19. The third kappa shape index (κ3) is 2.56. The Morgan fingerprint density at radius 3 is 2.77 bits per heavy atom. The van der Waals surface area contributed by atoms with Gasteiger partial charge in [0, 0.05) is 0 Å². The number of hydrogen-bond acceptors (Lipinski definition) is 3. The normalized spacial score (nSPS) is 11.3. The SMILES string of the molecule is CCC(C)(C)C(=O)Oc1cccs1. The van der Waals surface area contributed by atoms with Crippen molar-refractivity contribution in [1.29, 1.82) is 0 Å². The largest absolute Gasteiger partial charge is 0.415 e. The standard InChI is InChI=1S/C10H14O2S/c1-4-10(2,3)9(11)12-8-6-5-7-13-8/h5-7H,4H2,1-3H3. The van der Waals surface area contributed by atoms with Gasteiger partial charge in [-0.15, -0.1) is 11.3 Å². The van der Waals surface area contributed by atoms with Gasteiger partial charge in [0.05, 0.1) is 5.41 Å². The summed E-state index contributed by atoms with van der Waals surface area (Å²) in [7, 11) is 0. The summed E-state index contributed by atoms with van der Waals surface area (Å²) in [6.07, 6.45) is 0.789. The Bertz CT molecular complexity index is 275. The summed E-state index contributed by atoms with van der Waals surface area (Å²) in [5, 5.41) is 2.56. The molecule has 72 valence electrons. The second-order valence-corrected chi connectivity index (χ2v) is 4.47. The predicted octanol–water partition coefficient (Wildman–Crippen LogP) is 3.09. The summed E-state index contributed by atoms with van der Waals surface area (Å²) in [5.74, 6) is -0.155. The summed E-state index contributed by atoms with van der Waals surface area (Å²) in [4.78, 5) is 11.5. The smallest absolute Gasteiger partial charge is 0.317 e. The van der Waals surface area contributed by atoms with E-state index in [0.29, 0.717) is 5.06 Å². The van der Waals surface area contributed by atoms with Gasteiger partial charge in [-0.05, 0) is 37.8 Å². The lowest BCUT2D eigenvalue weighted by Gasteiger charge is -2.19. The molecule has 0 atom stereocenters. The number of esters is 1. The highest BCUT2D eigenvalue weighted by Crippen LogP contribution is 2.25. The number of rotatable bonds is 3. The molecule has 0 aliphatic heterocycles. The molecule has 2 nitrogen and oxygen atoms in total. The number of ether oxygens (including phenoxy) is 1. The van der Waals surface area contributed by atoms with Crippen molar-refractivity contribution in [1.82, 2.24) is 0 Å². The zero-order valence-corrected chi connectivity index (χ0v) is 8.98. The Balaban J connectivity index is 2.61. The number of hydrogen-bond donors (Lipinski definition) is 0. The fraction of sp³-hybridized carbons (Fsp3) is 0.500. The first-order valence-electron chi connectivity index (χ1n) is 4.32. The van der Waals surface area contributed by atoms with Crippen LogP contribution in [0.25, 0.3) is 0 Å². The van der Waals surface area contributed by atoms with E-state index < -0.39 is 0 Å². The fourth-order valence-electron chi connectivity index (χ4n) is 0.695. The molecule has 0 aromatic carbocycles. The van der Waals surface area contributed by atoms with E-state index in [4.69, 9.17) is 4.74 Å². The van der Waals surface area contributed by atoms with Crippen LogP contribution in [0.2, 0.25) is 0 Å². The summed E-state index contributed by atoms with van der Waals surface area (Å²) in [6, 6.07) is 3.67. The van der Waals surface area contributed by atoms with Crippen molar-refractivity contribution in [2.24, 2.45) is 5.41 Å². The lowest BCUT2D eigenvalue weighted by Crippen LogP contribution is -2.27. The molecule has 1 heterocycles. The summed E-state index contributed by atoms with van der Waals surface area (Å²) >= 11 is 1.43. The quantitative estimate of drug-likeness (QED) is 0.698. The third-order valence-corrected chi connectivity index (χ3v) is 2.87. The second kappa shape index (κ2) is 3.92. The van der Waals surface area contributed by atoms with Crippen molar-refractivity contribution in [2.45, 2.75) is 27.2 Å². The molecule has 0 bridgehead atoms. The number of thiophene rings is 1. The first-order chi connectivity index (χ1) is 6.06. The minimum atomic E-state index is -0.385. The highest BCUT2D eigenvalue weighted by molar-refractivity contribution is 7.11. The van der Waals surface area contributed by atoms with E-state index in [-0.39, 0.29) is 11.4 Å². The van der Waals surface area contributed by atoms with Crippen LogP contribution in [0.3, 0.4) is 0 Å². The first kappa shape index (κ1) is 10.3. The van der Waals surface area contributed by atoms with Crippen molar-refractivity contribution in [3.05, 3.63) is 17.5 Å². The Morgan fingerprint density at radius 1 is 1.62 bits per heavy atom. The molecule has 1 aromatic rings. The van der Waals surface area contributed by atoms with Crippen LogP contribution in [-0.2, 0) is 4.79 Å². The molecular formula is C10H14O2S. The first-order valence-corrected chi connectivity index (χ1v) is 5.20. The van der Waals surface area contributed by atoms with Gasteiger partial charge in [-0.3, -0.25) is 4.79 Å². The Hall–Kier alpha value is -0.830. The van der Waals surface area contributed by atoms with E-state index >= 15 is 0 Å². The lowest BCUT2D eigenvalue weighted by atomic mass is 9.91. The van der Waals surface area contributed by atoms with Crippen molar-refractivity contribution < 1.29 is 9.53 Å². The molecule has 0 aliphatic carbocycles. The van der Waals surface area contributed by atoms with Crippen LogP contribution in [-0.4, -0.2) is 5.97 Å². The maximum atomic E-state index is 11.5. The van der Waals surface area contributed by atoms with E-state index in [9.17, 15) is 4.79 Å². The van der Waals surface area contributed by atoms with Crippen LogP contribution in [0, 0.1) is 5.41 Å². The van der Waals surface area contributed by atoms with Crippen LogP contribution in [0.15, 0.2) is 17.5 Å². The minimum Gasteiger partial charge on any atom is -0.415 e. The van der Waals surface area contributed by atoms with E-state index in [1.165, 1.54) is 11.3 Å². The molecule has 0 unspecified atom stereocenters. The minimum absolute atomic E-state index is 0.155. The Morgan fingerprint density at radius 2 is 2.31 bits per heavy atom. The van der Waals surface area contributed by atoms with E-state index in [2.05, 4.69) is 0 Å². The van der Waals surface area contributed by atoms with Gasteiger partial charge in [-0.1, -0.05) is 6.92 Å². The van der Waals surface area contributed by atoms with E-state index in [1.807, 2.05) is 32.2 Å². The van der Waals surface area contributed by atoms with Crippen LogP contribution in [0.4, 0.5) is 0 Å². The monoisotopic (exact) mass is 198 g/mol. The van der Waals surface area contributed by atoms with Gasteiger partial charge >= 0.3 is 5.97 Å². The maximum Gasteiger partial charge on any atom is 0.317 e. The highest BCUT2D eigenvalue weighted by Gasteiger charge is 2.27. The van der Waals surface area contributed by atoms with E-state index in [0.717, 1.165) is 6.42 Å². The zero-order valence-electron chi connectivity index (χ0n) is 8.16. The molecule has 0 saturated heterocycles. The molecular weight excluding hydrogens is 184 g/mol. The molecule has 0 fully saturated rings. The lowest BCUT2D eigenvalue weighted by molar-refractivity contribution is -0.143. The van der Waals surface area contributed by atoms with Crippen molar-refractivity contribution in [3.63, 3.8) is 0 Å². The molecule has 1 rings (SSSR count). The fourth-order valence-corrected chi connectivity index (χ4v) is 1.27. The van der Waals surface area contributed by atoms with Crippen LogP contribution >= 0.6 is 11.3 Å². The van der Waals surface area contributed by atoms with Gasteiger partial charge in [0.2, 0.25) is 0 Å². The average molecular weight is 198 g/mol. The van der Waals surface area contributed by atoms with Crippen LogP contribution in [0.5, 0.6) is 5.06 Å². The molecule has 0 spiro atoms. The highest BCUT2D eigenvalue weighted by atomic mass is 32.1. The van der Waals surface area contributed by atoms with Gasteiger partial charge in [-0.2, -0.15) is 0 Å². The number of carbonyl (C=O) groups excluding carboxylic acids is 1. The van der Waals surface area contributed by atoms with Crippen molar-refractivity contribution in [3.8, 4) is 5.06 Å². The van der Waals surface area contributed by atoms with Gasteiger partial charge in [0.15, 0.2) is 5.06 Å². The molecule has 0 N–H and O–H groups in total. The van der Waals surface area contributed by atoms with Gasteiger partial charge in [0.1, 0.15) is 0 Å². The molecule has 3 heteroatoms. The average Bonchev–Trinajstić information content (AvgIpc) is 2.57. The topological polar surface area (TPSA) is 26.3 Å². The van der Waals surface area contributed by atoms with Gasteiger partial charge in [0.25, 0.3) is 0 Å². The second-order valence-electron chi connectivity index (χ2n) is 3.56. The summed E-state index contributed by atoms with van der Waals surface area (Å²) in [6.45, 7) is 5.77. The molecule has 0 amide bonds. The van der Waals surface area contributed by atoms with Crippen molar-refractivity contribution in [2.75, 3.05) is 0 Å². The number of carbonyl (C=O) groups is 1. The van der Waals surface area contributed by atoms with Gasteiger partial charge < -0.3 is 4.74 Å².